The Bertz CT molecular complexity index is 813. The lowest BCUT2D eigenvalue weighted by Gasteiger charge is -1.95. The normalized spacial score (nSPS) is 11.5. The predicted octanol–water partition coefficient (Wildman–Crippen LogP) is 5.08. The smallest absolute Gasteiger partial charge is 0.218 e. The fourth-order valence-corrected chi connectivity index (χ4v) is 2.05. The molecule has 20 heavy (non-hydrogen) atoms. The first kappa shape index (κ1) is 12.6. The summed E-state index contributed by atoms with van der Waals surface area (Å²) >= 11 is 5.96. The number of azo groups is 1. The third-order valence-corrected chi connectivity index (χ3v) is 3.14. The number of hydrogen-bond acceptors (Lipinski definition) is 3. The second-order valence-corrected chi connectivity index (χ2v) is 4.57. The molecule has 1 aromatic heterocycles. The maximum atomic E-state index is 13.3. The summed E-state index contributed by atoms with van der Waals surface area (Å²) in [5, 5.41) is 18.6. The van der Waals surface area contributed by atoms with Gasteiger partial charge in [0.05, 0.1) is 10.5 Å². The fourth-order valence-electron chi connectivity index (χ4n) is 1.87. The van der Waals surface area contributed by atoms with Gasteiger partial charge < -0.3 is 10.1 Å². The van der Waals surface area contributed by atoms with Gasteiger partial charge in [-0.15, -0.1) is 10.2 Å². The Kier molecular flexibility index (Phi) is 3.12. The van der Waals surface area contributed by atoms with Crippen molar-refractivity contribution in [3.8, 4) is 5.88 Å². The van der Waals surface area contributed by atoms with Gasteiger partial charge in [0.2, 0.25) is 5.88 Å². The molecule has 0 fully saturated rings. The number of nitrogens with one attached hydrogen (secondary N) is 1. The van der Waals surface area contributed by atoms with Crippen LogP contribution in [0.1, 0.15) is 0 Å². The van der Waals surface area contributed by atoms with E-state index < -0.39 is 5.82 Å². The van der Waals surface area contributed by atoms with Crippen molar-refractivity contribution in [1.82, 2.24) is 4.98 Å². The zero-order valence-corrected chi connectivity index (χ0v) is 10.9. The number of aromatic amines is 1. The van der Waals surface area contributed by atoms with Crippen molar-refractivity contribution in [2.45, 2.75) is 0 Å². The van der Waals surface area contributed by atoms with Crippen molar-refractivity contribution < 1.29 is 9.50 Å². The second-order valence-electron chi connectivity index (χ2n) is 4.16. The Morgan fingerprint density at radius 1 is 1.10 bits per heavy atom. The van der Waals surface area contributed by atoms with E-state index in [1.165, 1.54) is 18.2 Å². The molecule has 0 aliphatic heterocycles. The average molecular weight is 290 g/mol. The van der Waals surface area contributed by atoms with Gasteiger partial charge in [-0.05, 0) is 30.3 Å². The van der Waals surface area contributed by atoms with E-state index in [0.29, 0.717) is 21.6 Å². The lowest BCUT2D eigenvalue weighted by molar-refractivity contribution is 0.459. The molecule has 0 amide bonds. The summed E-state index contributed by atoms with van der Waals surface area (Å²) in [6, 6.07) is 11.0. The third-order valence-electron chi connectivity index (χ3n) is 2.82. The Hall–Kier alpha value is -2.40. The van der Waals surface area contributed by atoms with Crippen LogP contribution in [-0.2, 0) is 0 Å². The number of nitrogens with zero attached hydrogens (tertiary/aromatic N) is 2. The molecule has 0 radical (unpaired) electrons. The number of halogens is 2. The Morgan fingerprint density at radius 2 is 1.90 bits per heavy atom. The molecule has 0 aliphatic carbocycles. The van der Waals surface area contributed by atoms with Crippen molar-refractivity contribution >= 4 is 33.9 Å². The van der Waals surface area contributed by atoms with Crippen LogP contribution in [0.3, 0.4) is 0 Å². The SMILES string of the molecule is Oc1[nH]c2ccc(F)cc2c1N=Nc1ccccc1Cl. The number of aromatic hydroxyl groups is 1. The Balaban J connectivity index is 2.09. The van der Waals surface area contributed by atoms with Crippen molar-refractivity contribution in [2.24, 2.45) is 10.2 Å². The van der Waals surface area contributed by atoms with Gasteiger partial charge >= 0.3 is 0 Å². The molecule has 0 saturated carbocycles. The molecule has 0 aliphatic rings. The van der Waals surface area contributed by atoms with Crippen LogP contribution >= 0.6 is 11.6 Å². The second kappa shape index (κ2) is 4.94. The number of benzene rings is 2. The van der Waals surface area contributed by atoms with E-state index in [1.807, 2.05) is 0 Å². The van der Waals surface area contributed by atoms with E-state index in [4.69, 9.17) is 11.6 Å². The summed E-state index contributed by atoms with van der Waals surface area (Å²) in [5.41, 5.74) is 1.23. The van der Waals surface area contributed by atoms with Gasteiger partial charge in [0.25, 0.3) is 0 Å². The van der Waals surface area contributed by atoms with E-state index in [0.717, 1.165) is 0 Å². The minimum Gasteiger partial charge on any atom is -0.493 e. The molecule has 0 spiro atoms. The number of fused-ring (bicyclic) bond motifs is 1. The van der Waals surface area contributed by atoms with Crippen LogP contribution in [0.15, 0.2) is 52.7 Å². The van der Waals surface area contributed by atoms with Gasteiger partial charge in [0, 0.05) is 5.39 Å². The van der Waals surface area contributed by atoms with Gasteiger partial charge in [-0.3, -0.25) is 0 Å². The highest BCUT2D eigenvalue weighted by Crippen LogP contribution is 2.37. The number of H-pyrrole nitrogens is 1. The van der Waals surface area contributed by atoms with Gasteiger partial charge in [-0.1, -0.05) is 23.7 Å². The summed E-state index contributed by atoms with van der Waals surface area (Å²) in [7, 11) is 0. The molecule has 6 heteroatoms. The van der Waals surface area contributed by atoms with E-state index >= 15 is 0 Å². The molecule has 100 valence electrons. The molecule has 3 aromatic rings. The molecular formula is C14H9ClFN3O. The van der Waals surface area contributed by atoms with Gasteiger partial charge in [-0.25, -0.2) is 4.39 Å². The topological polar surface area (TPSA) is 60.7 Å². The molecule has 0 atom stereocenters. The van der Waals surface area contributed by atoms with Crippen LogP contribution in [-0.4, -0.2) is 10.1 Å². The highest BCUT2D eigenvalue weighted by molar-refractivity contribution is 6.32. The number of aromatic nitrogens is 1. The number of hydrogen-bond donors (Lipinski definition) is 2. The largest absolute Gasteiger partial charge is 0.493 e. The van der Waals surface area contributed by atoms with Crippen LogP contribution < -0.4 is 0 Å². The van der Waals surface area contributed by atoms with Crippen LogP contribution in [0.25, 0.3) is 10.9 Å². The van der Waals surface area contributed by atoms with Crippen LogP contribution in [0.2, 0.25) is 5.02 Å². The van der Waals surface area contributed by atoms with Gasteiger partial charge in [0.15, 0.2) is 5.69 Å². The molecule has 0 saturated heterocycles. The summed E-state index contributed by atoms with van der Waals surface area (Å²) in [5.74, 6) is -0.577. The molecule has 3 rings (SSSR count). The predicted molar refractivity (Wildman–Crippen MR) is 75.5 cm³/mol. The first-order valence-corrected chi connectivity index (χ1v) is 6.19. The minimum absolute atomic E-state index is 0.165. The van der Waals surface area contributed by atoms with Crippen LogP contribution in [0.5, 0.6) is 5.88 Å². The maximum Gasteiger partial charge on any atom is 0.218 e. The molecule has 1 heterocycles. The molecule has 0 unspecified atom stereocenters. The third kappa shape index (κ3) is 2.23. The van der Waals surface area contributed by atoms with Crippen molar-refractivity contribution in [2.75, 3.05) is 0 Å². The zero-order chi connectivity index (χ0) is 14.1. The Morgan fingerprint density at radius 3 is 2.70 bits per heavy atom. The maximum absolute atomic E-state index is 13.3. The average Bonchev–Trinajstić information content (AvgIpc) is 2.73. The lowest BCUT2D eigenvalue weighted by atomic mass is 10.2. The summed E-state index contributed by atoms with van der Waals surface area (Å²) in [6.45, 7) is 0. The van der Waals surface area contributed by atoms with E-state index in [9.17, 15) is 9.50 Å². The summed E-state index contributed by atoms with van der Waals surface area (Å²) in [6.07, 6.45) is 0. The van der Waals surface area contributed by atoms with Crippen molar-refractivity contribution in [3.05, 3.63) is 53.3 Å². The number of rotatable bonds is 2. The Labute approximate surface area is 118 Å². The van der Waals surface area contributed by atoms with Crippen molar-refractivity contribution in [1.29, 1.82) is 0 Å². The quantitative estimate of drug-likeness (QED) is 0.635. The highest BCUT2D eigenvalue weighted by Gasteiger charge is 2.11. The van der Waals surface area contributed by atoms with Gasteiger partial charge in [0.1, 0.15) is 11.5 Å². The van der Waals surface area contributed by atoms with E-state index in [1.54, 1.807) is 24.3 Å². The highest BCUT2D eigenvalue weighted by atomic mass is 35.5. The van der Waals surface area contributed by atoms with E-state index in [2.05, 4.69) is 15.2 Å². The van der Waals surface area contributed by atoms with E-state index in [-0.39, 0.29) is 11.6 Å². The van der Waals surface area contributed by atoms with Gasteiger partial charge in [-0.2, -0.15) is 0 Å². The summed E-state index contributed by atoms with van der Waals surface area (Å²) < 4.78 is 13.3. The molecule has 2 N–H and O–H groups in total. The van der Waals surface area contributed by atoms with Crippen LogP contribution in [0, 0.1) is 5.82 Å². The van der Waals surface area contributed by atoms with Crippen LogP contribution in [0.4, 0.5) is 15.8 Å². The first-order valence-electron chi connectivity index (χ1n) is 5.81. The fraction of sp³-hybridized carbons (Fsp3) is 0. The minimum atomic E-state index is -0.411. The van der Waals surface area contributed by atoms with Crippen molar-refractivity contribution in [3.63, 3.8) is 0 Å². The molecule has 2 aromatic carbocycles. The lowest BCUT2D eigenvalue weighted by Crippen LogP contribution is -1.72. The zero-order valence-electron chi connectivity index (χ0n) is 10.1. The standard InChI is InChI=1S/C14H9ClFN3O/c15-10-3-1-2-4-12(10)18-19-13-9-7-8(16)5-6-11(9)17-14(13)20/h1-7,17,20H. The summed E-state index contributed by atoms with van der Waals surface area (Å²) in [4.78, 5) is 2.71. The molecule has 4 nitrogen and oxygen atoms in total. The monoisotopic (exact) mass is 289 g/mol. The molecular weight excluding hydrogens is 281 g/mol. The molecule has 0 bridgehead atoms. The first-order chi connectivity index (χ1) is 9.65.